The van der Waals surface area contributed by atoms with Gasteiger partial charge in [-0.1, -0.05) is 0 Å². The van der Waals surface area contributed by atoms with Crippen LogP contribution in [0.2, 0.25) is 0 Å². The van der Waals surface area contributed by atoms with E-state index in [0.717, 1.165) is 0 Å². The molecule has 106 valence electrons. The van der Waals surface area contributed by atoms with E-state index in [1.54, 1.807) is 0 Å². The lowest BCUT2D eigenvalue weighted by molar-refractivity contribution is -0.0306. The van der Waals surface area contributed by atoms with E-state index in [9.17, 15) is 16.8 Å². The van der Waals surface area contributed by atoms with Crippen LogP contribution in [0.4, 0.5) is 0 Å². The van der Waals surface area contributed by atoms with Gasteiger partial charge in [0, 0.05) is 13.1 Å². The molecule has 0 radical (unpaired) electrons. The van der Waals surface area contributed by atoms with Crippen molar-refractivity contribution in [1.82, 2.24) is 4.31 Å². The Morgan fingerprint density at radius 1 is 1.39 bits per heavy atom. The SMILES string of the molecule is O=S1(=O)CCC(S(=O)(=O)N2CCOC(CO)C2)C1. The molecule has 2 fully saturated rings. The second-order valence-electron chi connectivity index (χ2n) is 4.60. The molecule has 18 heavy (non-hydrogen) atoms. The molecule has 2 saturated heterocycles. The molecule has 0 aromatic carbocycles. The van der Waals surface area contributed by atoms with Crippen LogP contribution in [0.1, 0.15) is 6.42 Å². The monoisotopic (exact) mass is 299 g/mol. The zero-order chi connectivity index (χ0) is 13.4. The fourth-order valence-corrected chi connectivity index (χ4v) is 6.78. The standard InChI is InChI=1S/C9H17NO6S2/c11-6-8-5-10(2-3-16-8)18(14,15)9-1-4-17(12,13)7-9/h8-9,11H,1-7H2. The highest BCUT2D eigenvalue weighted by molar-refractivity contribution is 7.95. The van der Waals surface area contributed by atoms with Crippen molar-refractivity contribution in [3.8, 4) is 0 Å². The number of nitrogens with zero attached hydrogens (tertiary/aromatic N) is 1. The Labute approximate surface area is 107 Å². The zero-order valence-corrected chi connectivity index (χ0v) is 11.5. The van der Waals surface area contributed by atoms with Gasteiger partial charge in [0.05, 0.1) is 36.1 Å². The Morgan fingerprint density at radius 2 is 2.11 bits per heavy atom. The maximum atomic E-state index is 12.3. The highest BCUT2D eigenvalue weighted by Crippen LogP contribution is 2.23. The van der Waals surface area contributed by atoms with Crippen molar-refractivity contribution in [1.29, 1.82) is 0 Å². The molecule has 7 nitrogen and oxygen atoms in total. The topological polar surface area (TPSA) is 101 Å². The van der Waals surface area contributed by atoms with Gasteiger partial charge in [-0.25, -0.2) is 16.8 Å². The van der Waals surface area contributed by atoms with Crippen molar-refractivity contribution in [3.63, 3.8) is 0 Å². The maximum absolute atomic E-state index is 12.3. The molecule has 0 aromatic rings. The third kappa shape index (κ3) is 2.85. The predicted octanol–water partition coefficient (Wildman–Crippen LogP) is -1.80. The van der Waals surface area contributed by atoms with Gasteiger partial charge in [-0.3, -0.25) is 0 Å². The first kappa shape index (κ1) is 14.2. The summed E-state index contributed by atoms with van der Waals surface area (Å²) in [5.41, 5.74) is 0. The molecular formula is C9H17NO6S2. The van der Waals surface area contributed by atoms with Gasteiger partial charge in [0.1, 0.15) is 0 Å². The molecule has 2 rings (SSSR count). The van der Waals surface area contributed by atoms with Gasteiger partial charge in [-0.15, -0.1) is 0 Å². The largest absolute Gasteiger partial charge is 0.394 e. The van der Waals surface area contributed by atoms with Crippen molar-refractivity contribution in [2.45, 2.75) is 17.8 Å². The quantitative estimate of drug-likeness (QED) is 0.659. The number of rotatable bonds is 3. The summed E-state index contributed by atoms with van der Waals surface area (Å²) in [6.45, 7) is 0.295. The molecule has 0 amide bonds. The minimum atomic E-state index is -3.61. The Bertz CT molecular complexity index is 499. The normalized spacial score (nSPS) is 33.6. The summed E-state index contributed by atoms with van der Waals surface area (Å²) in [5.74, 6) is -0.360. The van der Waals surface area contributed by atoms with Gasteiger partial charge < -0.3 is 9.84 Å². The van der Waals surface area contributed by atoms with Crippen LogP contribution in [-0.2, 0) is 24.6 Å². The van der Waals surface area contributed by atoms with Gasteiger partial charge in [0.25, 0.3) is 0 Å². The Kier molecular flexibility index (Phi) is 3.98. The Balaban J connectivity index is 2.11. The molecule has 0 spiro atoms. The highest BCUT2D eigenvalue weighted by Gasteiger charge is 2.41. The summed E-state index contributed by atoms with van der Waals surface area (Å²) >= 11 is 0. The number of aliphatic hydroxyl groups excluding tert-OH is 1. The number of aliphatic hydroxyl groups is 1. The smallest absolute Gasteiger partial charge is 0.218 e. The number of ether oxygens (including phenoxy) is 1. The second-order valence-corrected chi connectivity index (χ2v) is 9.05. The zero-order valence-electron chi connectivity index (χ0n) is 9.86. The molecule has 2 atom stereocenters. The first-order valence-electron chi connectivity index (χ1n) is 5.77. The maximum Gasteiger partial charge on any atom is 0.218 e. The van der Waals surface area contributed by atoms with E-state index < -0.39 is 31.2 Å². The molecule has 0 saturated carbocycles. The van der Waals surface area contributed by atoms with Crippen molar-refractivity contribution in [3.05, 3.63) is 0 Å². The van der Waals surface area contributed by atoms with Gasteiger partial charge in [-0.05, 0) is 6.42 Å². The van der Waals surface area contributed by atoms with Gasteiger partial charge >= 0.3 is 0 Å². The molecule has 2 aliphatic rings. The number of sulfone groups is 1. The van der Waals surface area contributed by atoms with Crippen molar-refractivity contribution >= 4 is 19.9 Å². The minimum Gasteiger partial charge on any atom is -0.394 e. The van der Waals surface area contributed by atoms with Crippen LogP contribution >= 0.6 is 0 Å². The molecule has 9 heteroatoms. The summed E-state index contributed by atoms with van der Waals surface area (Å²) < 4.78 is 53.6. The highest BCUT2D eigenvalue weighted by atomic mass is 32.2. The summed E-state index contributed by atoms with van der Waals surface area (Å²) in [7, 11) is -6.84. The Hall–Kier alpha value is -0.220. The van der Waals surface area contributed by atoms with E-state index in [1.165, 1.54) is 4.31 Å². The number of morpholine rings is 1. The van der Waals surface area contributed by atoms with Crippen LogP contribution < -0.4 is 0 Å². The molecule has 0 aliphatic carbocycles. The lowest BCUT2D eigenvalue weighted by atomic mass is 10.3. The van der Waals surface area contributed by atoms with Crippen LogP contribution in [0.3, 0.4) is 0 Å². The lowest BCUT2D eigenvalue weighted by Crippen LogP contribution is -2.50. The van der Waals surface area contributed by atoms with Crippen molar-refractivity contribution < 1.29 is 26.7 Å². The first-order valence-corrected chi connectivity index (χ1v) is 9.09. The predicted molar refractivity (Wildman–Crippen MR) is 64.4 cm³/mol. The molecule has 2 unspecified atom stereocenters. The molecule has 1 N–H and O–H groups in total. The van der Waals surface area contributed by atoms with E-state index in [-0.39, 0.29) is 44.2 Å². The second kappa shape index (κ2) is 5.04. The van der Waals surface area contributed by atoms with Crippen LogP contribution in [0.25, 0.3) is 0 Å². The van der Waals surface area contributed by atoms with Crippen LogP contribution in [0, 0.1) is 0 Å². The first-order chi connectivity index (χ1) is 8.35. The molecule has 2 heterocycles. The molecule has 0 bridgehead atoms. The average Bonchev–Trinajstić information content (AvgIpc) is 2.70. The number of sulfonamides is 1. The van der Waals surface area contributed by atoms with Crippen LogP contribution in [0.5, 0.6) is 0 Å². The van der Waals surface area contributed by atoms with E-state index in [2.05, 4.69) is 0 Å². The summed E-state index contributed by atoms with van der Waals surface area (Å²) in [6.07, 6.45) is -0.363. The van der Waals surface area contributed by atoms with Crippen molar-refractivity contribution in [2.24, 2.45) is 0 Å². The molecular weight excluding hydrogens is 282 g/mol. The third-order valence-electron chi connectivity index (χ3n) is 3.28. The van der Waals surface area contributed by atoms with Crippen LogP contribution in [0.15, 0.2) is 0 Å². The Morgan fingerprint density at radius 3 is 2.67 bits per heavy atom. The number of hydrogen-bond donors (Lipinski definition) is 1. The number of hydrogen-bond acceptors (Lipinski definition) is 6. The fraction of sp³-hybridized carbons (Fsp3) is 1.00. The fourth-order valence-electron chi connectivity index (χ4n) is 2.24. The van der Waals surface area contributed by atoms with Gasteiger partial charge in [-0.2, -0.15) is 4.31 Å². The van der Waals surface area contributed by atoms with E-state index in [1.807, 2.05) is 0 Å². The minimum absolute atomic E-state index is 0.0648. The van der Waals surface area contributed by atoms with E-state index >= 15 is 0 Å². The van der Waals surface area contributed by atoms with Crippen molar-refractivity contribution in [2.75, 3.05) is 37.8 Å². The summed E-state index contributed by atoms with van der Waals surface area (Å²) in [6, 6.07) is 0. The van der Waals surface area contributed by atoms with Gasteiger partial charge in [0.15, 0.2) is 9.84 Å². The summed E-state index contributed by atoms with van der Waals surface area (Å²) in [4.78, 5) is 0. The van der Waals surface area contributed by atoms with Crippen LogP contribution in [-0.4, -0.2) is 75.4 Å². The van der Waals surface area contributed by atoms with Gasteiger partial charge in [0.2, 0.25) is 10.0 Å². The molecule has 2 aliphatic heterocycles. The average molecular weight is 299 g/mol. The molecule has 0 aromatic heterocycles. The lowest BCUT2D eigenvalue weighted by Gasteiger charge is -2.32. The third-order valence-corrected chi connectivity index (χ3v) is 7.55. The summed E-state index contributed by atoms with van der Waals surface area (Å²) in [5, 5.41) is 8.13. The van der Waals surface area contributed by atoms with E-state index in [0.29, 0.717) is 0 Å². The van der Waals surface area contributed by atoms with E-state index in [4.69, 9.17) is 9.84 Å².